The Morgan fingerprint density at radius 3 is 2.85 bits per heavy atom. The number of aromatic nitrogens is 2. The van der Waals surface area contributed by atoms with Gasteiger partial charge in [-0.05, 0) is 24.6 Å². The first-order chi connectivity index (χ1) is 12.2. The van der Waals surface area contributed by atoms with E-state index in [-0.39, 0.29) is 0 Å². The number of nitrogens with one attached hydrogen (secondary N) is 1. The molecule has 0 saturated heterocycles. The molecule has 1 aromatic carbocycles. The number of hydrogen-bond donors (Lipinski definition) is 1. The van der Waals surface area contributed by atoms with Gasteiger partial charge in [-0.2, -0.15) is 0 Å². The third-order valence-electron chi connectivity index (χ3n) is 3.17. The van der Waals surface area contributed by atoms with Crippen molar-refractivity contribution in [2.75, 3.05) is 28.2 Å². The van der Waals surface area contributed by atoms with Gasteiger partial charge >= 0.3 is 0 Å². The van der Waals surface area contributed by atoms with Crippen LogP contribution in [-0.4, -0.2) is 43.1 Å². The molecule has 0 unspecified atom stereocenters. The van der Waals surface area contributed by atoms with Gasteiger partial charge in [-0.1, -0.05) is 46.8 Å². The summed E-state index contributed by atoms with van der Waals surface area (Å²) in [6.07, 6.45) is 2.78. The molecule has 1 N–H and O–H groups in total. The Hall–Kier alpha value is -1.62. The van der Waals surface area contributed by atoms with Crippen LogP contribution in [0.3, 0.4) is 0 Å². The number of nitrogens with zero attached hydrogens (tertiary/aromatic N) is 3. The zero-order valence-electron chi connectivity index (χ0n) is 14.1. The van der Waals surface area contributed by atoms with E-state index in [0.29, 0.717) is 31.5 Å². The predicted molar refractivity (Wildman–Crippen MR) is 108 cm³/mol. The molecule has 140 valence electrons. The molecule has 1 amide bonds. The molecule has 0 aliphatic heterocycles. The van der Waals surface area contributed by atoms with Gasteiger partial charge in [0.2, 0.25) is 21.1 Å². The summed E-state index contributed by atoms with van der Waals surface area (Å²) >= 11 is 8.72. The number of benzene rings is 1. The van der Waals surface area contributed by atoms with E-state index in [1.54, 1.807) is 31.2 Å². The molecule has 26 heavy (non-hydrogen) atoms. The number of rotatable bonds is 8. The lowest BCUT2D eigenvalue weighted by atomic mass is 10.2. The van der Waals surface area contributed by atoms with Gasteiger partial charge in [0.25, 0.3) is 0 Å². The zero-order valence-corrected chi connectivity index (χ0v) is 17.3. The molecule has 2 aromatic rings. The molecule has 0 aliphatic carbocycles. The van der Waals surface area contributed by atoms with Crippen molar-refractivity contribution in [3.63, 3.8) is 0 Å². The van der Waals surface area contributed by atoms with Gasteiger partial charge < -0.3 is 0 Å². The monoisotopic (exact) mass is 432 g/mol. The van der Waals surface area contributed by atoms with E-state index in [1.165, 1.54) is 23.1 Å². The van der Waals surface area contributed by atoms with Crippen molar-refractivity contribution in [2.24, 2.45) is 0 Å². The first-order valence-corrected chi connectivity index (χ1v) is 11.3. The third-order valence-corrected chi connectivity index (χ3v) is 6.68. The SMILES string of the molecule is C=CCSc1nnc(NC(=O)CN(c2cccc(Cl)c2C)S(C)(=O)=O)s1. The van der Waals surface area contributed by atoms with Crippen LogP contribution in [0.25, 0.3) is 0 Å². The van der Waals surface area contributed by atoms with Crippen LogP contribution in [0.15, 0.2) is 35.2 Å². The van der Waals surface area contributed by atoms with Crippen molar-refractivity contribution in [3.8, 4) is 0 Å². The molecular formula is C15H17ClN4O3S3. The Morgan fingerprint density at radius 1 is 1.46 bits per heavy atom. The second-order valence-corrected chi connectivity index (χ2v) is 9.73. The minimum absolute atomic E-state index is 0.304. The maximum Gasteiger partial charge on any atom is 0.246 e. The molecule has 0 bridgehead atoms. The fourth-order valence-corrected chi connectivity index (χ4v) is 4.59. The van der Waals surface area contributed by atoms with E-state index in [1.807, 2.05) is 0 Å². The fourth-order valence-electron chi connectivity index (χ4n) is 1.99. The summed E-state index contributed by atoms with van der Waals surface area (Å²) in [5.41, 5.74) is 0.932. The van der Waals surface area contributed by atoms with Crippen molar-refractivity contribution in [1.29, 1.82) is 0 Å². The molecule has 0 saturated carbocycles. The smallest absolute Gasteiger partial charge is 0.246 e. The van der Waals surface area contributed by atoms with Gasteiger partial charge in [0.15, 0.2) is 4.34 Å². The van der Waals surface area contributed by atoms with E-state index in [4.69, 9.17) is 11.6 Å². The maximum atomic E-state index is 12.3. The molecule has 0 spiro atoms. The summed E-state index contributed by atoms with van der Waals surface area (Å²) in [6.45, 7) is 4.92. The summed E-state index contributed by atoms with van der Waals surface area (Å²) in [4.78, 5) is 12.3. The molecule has 7 nitrogen and oxygen atoms in total. The van der Waals surface area contributed by atoms with E-state index in [2.05, 4.69) is 22.1 Å². The minimum atomic E-state index is -3.69. The molecule has 0 fully saturated rings. The lowest BCUT2D eigenvalue weighted by molar-refractivity contribution is -0.114. The van der Waals surface area contributed by atoms with Gasteiger partial charge in [-0.15, -0.1) is 16.8 Å². The number of hydrogen-bond acceptors (Lipinski definition) is 7. The van der Waals surface area contributed by atoms with Crippen molar-refractivity contribution >= 4 is 61.4 Å². The van der Waals surface area contributed by atoms with Crippen LogP contribution in [0.1, 0.15) is 5.56 Å². The van der Waals surface area contributed by atoms with E-state index >= 15 is 0 Å². The van der Waals surface area contributed by atoms with Crippen LogP contribution >= 0.6 is 34.7 Å². The highest BCUT2D eigenvalue weighted by Crippen LogP contribution is 2.29. The van der Waals surface area contributed by atoms with E-state index in [0.717, 1.165) is 10.6 Å². The van der Waals surface area contributed by atoms with Crippen LogP contribution < -0.4 is 9.62 Å². The van der Waals surface area contributed by atoms with Gasteiger partial charge in [0, 0.05) is 10.8 Å². The summed E-state index contributed by atoms with van der Waals surface area (Å²) in [6, 6.07) is 4.89. The minimum Gasteiger partial charge on any atom is -0.299 e. The Labute approximate surface area is 165 Å². The third kappa shape index (κ3) is 5.44. The van der Waals surface area contributed by atoms with Gasteiger partial charge in [0.05, 0.1) is 11.9 Å². The van der Waals surface area contributed by atoms with Crippen LogP contribution in [0.2, 0.25) is 5.02 Å². The van der Waals surface area contributed by atoms with Gasteiger partial charge in [-0.3, -0.25) is 14.4 Å². The fraction of sp³-hybridized carbons (Fsp3) is 0.267. The Kier molecular flexibility index (Phi) is 7.04. The molecule has 11 heteroatoms. The highest BCUT2D eigenvalue weighted by atomic mass is 35.5. The summed E-state index contributed by atoms with van der Waals surface area (Å²) in [5.74, 6) is 0.157. The van der Waals surface area contributed by atoms with Crippen molar-refractivity contribution in [2.45, 2.75) is 11.3 Å². The average molecular weight is 433 g/mol. The lowest BCUT2D eigenvalue weighted by Crippen LogP contribution is -2.37. The molecule has 2 rings (SSSR count). The average Bonchev–Trinajstić information content (AvgIpc) is 3.00. The normalized spacial score (nSPS) is 11.2. The van der Waals surface area contributed by atoms with Crippen molar-refractivity contribution < 1.29 is 13.2 Å². The number of halogens is 1. The first-order valence-electron chi connectivity index (χ1n) is 7.32. The largest absolute Gasteiger partial charge is 0.299 e. The molecule has 0 atom stereocenters. The zero-order chi connectivity index (χ0) is 19.3. The van der Waals surface area contributed by atoms with E-state index in [9.17, 15) is 13.2 Å². The topological polar surface area (TPSA) is 92.3 Å². The number of amides is 1. The van der Waals surface area contributed by atoms with Crippen LogP contribution in [0, 0.1) is 6.92 Å². The predicted octanol–water partition coefficient (Wildman–Crippen LogP) is 3.18. The number of carbonyl (C=O) groups is 1. The van der Waals surface area contributed by atoms with Gasteiger partial charge in [0.1, 0.15) is 6.54 Å². The second-order valence-electron chi connectivity index (χ2n) is 5.17. The number of sulfonamides is 1. The number of thioether (sulfide) groups is 1. The van der Waals surface area contributed by atoms with Crippen LogP contribution in [0.4, 0.5) is 10.8 Å². The van der Waals surface area contributed by atoms with Crippen molar-refractivity contribution in [3.05, 3.63) is 41.4 Å². The molecule has 1 heterocycles. The number of carbonyl (C=O) groups excluding carboxylic acids is 1. The van der Waals surface area contributed by atoms with E-state index < -0.39 is 22.5 Å². The maximum absolute atomic E-state index is 12.3. The van der Waals surface area contributed by atoms with Gasteiger partial charge in [-0.25, -0.2) is 8.42 Å². The Balaban J connectivity index is 2.16. The molecule has 0 aliphatic rings. The highest BCUT2D eigenvalue weighted by molar-refractivity contribution is 8.01. The molecule has 0 radical (unpaired) electrons. The Morgan fingerprint density at radius 2 is 2.19 bits per heavy atom. The molecule has 1 aromatic heterocycles. The first kappa shape index (κ1) is 20.7. The van der Waals surface area contributed by atoms with Crippen LogP contribution in [0.5, 0.6) is 0 Å². The summed E-state index contributed by atoms with van der Waals surface area (Å²) in [7, 11) is -3.69. The Bertz CT molecular complexity index is 915. The highest BCUT2D eigenvalue weighted by Gasteiger charge is 2.23. The van der Waals surface area contributed by atoms with Crippen LogP contribution in [-0.2, 0) is 14.8 Å². The van der Waals surface area contributed by atoms with Crippen molar-refractivity contribution in [1.82, 2.24) is 10.2 Å². The summed E-state index contributed by atoms with van der Waals surface area (Å²) in [5, 5.41) is 11.1. The number of anilines is 2. The quantitative estimate of drug-likeness (QED) is 0.391. The second kappa shape index (κ2) is 8.85. The lowest BCUT2D eigenvalue weighted by Gasteiger charge is -2.23. The molecular weight excluding hydrogens is 416 g/mol. The summed E-state index contributed by atoms with van der Waals surface area (Å²) < 4.78 is 26.0. The standard InChI is InChI=1S/C15H17ClN4O3S3/c1-4-8-24-15-19-18-14(25-15)17-13(21)9-20(26(3,22)23)12-7-5-6-11(16)10(12)2/h4-7H,1,8-9H2,2-3H3,(H,17,18,21).